The first-order valence-electron chi connectivity index (χ1n) is 5.77. The quantitative estimate of drug-likeness (QED) is 0.703. The van der Waals surface area contributed by atoms with Crippen molar-refractivity contribution in [3.8, 4) is 0 Å². The van der Waals surface area contributed by atoms with Crippen LogP contribution >= 0.6 is 11.6 Å². The molecule has 0 unspecified atom stereocenters. The molecule has 0 aliphatic carbocycles. The second-order valence-corrected chi connectivity index (χ2v) is 7.10. The van der Waals surface area contributed by atoms with Gasteiger partial charge in [-0.3, -0.25) is 4.68 Å². The molecular weight excluding hydrogens is 290 g/mol. The van der Waals surface area contributed by atoms with E-state index in [1.54, 1.807) is 17.9 Å². The summed E-state index contributed by atoms with van der Waals surface area (Å²) in [6, 6.07) is 0. The molecule has 1 saturated heterocycles. The molecule has 2 aromatic heterocycles. The molecule has 7 nitrogen and oxygen atoms in total. The molecule has 19 heavy (non-hydrogen) atoms. The van der Waals surface area contributed by atoms with Gasteiger partial charge in [-0.05, 0) is 11.6 Å². The van der Waals surface area contributed by atoms with E-state index in [4.69, 9.17) is 11.6 Å². The lowest BCUT2D eigenvalue weighted by Crippen LogP contribution is -2.40. The Labute approximate surface area is 115 Å². The first-order valence-corrected chi connectivity index (χ1v) is 7.97. The lowest BCUT2D eigenvalue weighted by Gasteiger charge is -2.27. The van der Waals surface area contributed by atoms with Crippen LogP contribution in [-0.2, 0) is 16.9 Å². The Hall–Kier alpha value is -1.41. The lowest BCUT2D eigenvalue weighted by molar-refractivity contribution is 0.586. The molecule has 3 rings (SSSR count). The molecule has 0 saturated carbocycles. The second-order valence-electron chi connectivity index (χ2n) is 4.46. The van der Waals surface area contributed by atoms with E-state index in [1.165, 1.54) is 0 Å². The van der Waals surface area contributed by atoms with Crippen LogP contribution < -0.4 is 4.90 Å². The maximum absolute atomic E-state index is 11.5. The summed E-state index contributed by atoms with van der Waals surface area (Å²) in [6.45, 7) is 0.833. The Morgan fingerprint density at radius 1 is 1.26 bits per heavy atom. The van der Waals surface area contributed by atoms with Gasteiger partial charge in [0.2, 0.25) is 5.28 Å². The van der Waals surface area contributed by atoms with Crippen molar-refractivity contribution in [3.63, 3.8) is 0 Å². The van der Waals surface area contributed by atoms with Crippen molar-refractivity contribution in [2.45, 2.75) is 0 Å². The number of hydrogen-bond donors (Lipinski definition) is 0. The summed E-state index contributed by atoms with van der Waals surface area (Å²) in [5.74, 6) is 0.922. The molecule has 102 valence electrons. The SMILES string of the molecule is Cn1ncc2c(N3CCS(=O)(=O)CC3)nc(Cl)nc21. The predicted molar refractivity (Wildman–Crippen MR) is 72.2 cm³/mol. The van der Waals surface area contributed by atoms with Crippen LogP contribution in [0.15, 0.2) is 6.20 Å². The number of fused-ring (bicyclic) bond motifs is 1. The zero-order chi connectivity index (χ0) is 13.6. The highest BCUT2D eigenvalue weighted by Gasteiger charge is 2.25. The van der Waals surface area contributed by atoms with Crippen molar-refractivity contribution in [2.75, 3.05) is 29.5 Å². The predicted octanol–water partition coefficient (Wildman–Crippen LogP) is 0.252. The number of anilines is 1. The highest BCUT2D eigenvalue weighted by Crippen LogP contribution is 2.26. The minimum absolute atomic E-state index is 0.135. The fraction of sp³-hybridized carbons (Fsp3) is 0.500. The lowest BCUT2D eigenvalue weighted by atomic mass is 10.3. The van der Waals surface area contributed by atoms with Crippen molar-refractivity contribution in [2.24, 2.45) is 7.05 Å². The molecule has 9 heteroatoms. The average molecular weight is 302 g/mol. The van der Waals surface area contributed by atoms with E-state index in [0.717, 1.165) is 5.39 Å². The normalized spacial score (nSPS) is 18.9. The molecular formula is C10H12ClN5O2S. The number of rotatable bonds is 1. The van der Waals surface area contributed by atoms with Gasteiger partial charge in [-0.15, -0.1) is 0 Å². The zero-order valence-electron chi connectivity index (χ0n) is 10.2. The molecule has 0 bridgehead atoms. The van der Waals surface area contributed by atoms with Crippen LogP contribution in [0.1, 0.15) is 0 Å². The molecule has 1 aliphatic heterocycles. The summed E-state index contributed by atoms with van der Waals surface area (Å²) in [6.07, 6.45) is 1.67. The number of aryl methyl sites for hydroxylation is 1. The number of nitrogens with zero attached hydrogens (tertiary/aromatic N) is 5. The molecule has 0 N–H and O–H groups in total. The third-order valence-electron chi connectivity index (χ3n) is 3.19. The molecule has 2 aromatic rings. The summed E-state index contributed by atoms with van der Waals surface area (Å²) in [5.41, 5.74) is 0.642. The van der Waals surface area contributed by atoms with Gasteiger partial charge >= 0.3 is 0 Å². The van der Waals surface area contributed by atoms with Gasteiger partial charge in [0.25, 0.3) is 0 Å². The van der Waals surface area contributed by atoms with Gasteiger partial charge in [-0.25, -0.2) is 8.42 Å². The highest BCUT2D eigenvalue weighted by molar-refractivity contribution is 7.91. The number of hydrogen-bond acceptors (Lipinski definition) is 6. The van der Waals surface area contributed by atoms with Crippen LogP contribution in [0, 0.1) is 0 Å². The van der Waals surface area contributed by atoms with E-state index in [2.05, 4.69) is 15.1 Å². The van der Waals surface area contributed by atoms with Crippen LogP contribution in [0.3, 0.4) is 0 Å². The third kappa shape index (κ3) is 2.25. The molecule has 0 aromatic carbocycles. The Bertz CT molecular complexity index is 728. The van der Waals surface area contributed by atoms with Crippen molar-refractivity contribution >= 4 is 38.3 Å². The van der Waals surface area contributed by atoms with Crippen molar-refractivity contribution in [1.29, 1.82) is 0 Å². The smallest absolute Gasteiger partial charge is 0.226 e. The number of aromatic nitrogens is 4. The van der Waals surface area contributed by atoms with Gasteiger partial charge in [0.1, 0.15) is 5.82 Å². The largest absolute Gasteiger partial charge is 0.354 e. The van der Waals surface area contributed by atoms with E-state index in [9.17, 15) is 8.42 Å². The summed E-state index contributed by atoms with van der Waals surface area (Å²) < 4.78 is 24.5. The van der Waals surface area contributed by atoms with E-state index in [1.807, 2.05) is 4.90 Å². The molecule has 0 radical (unpaired) electrons. The zero-order valence-corrected chi connectivity index (χ0v) is 11.8. The molecule has 1 fully saturated rings. The molecule has 0 atom stereocenters. The summed E-state index contributed by atoms with van der Waals surface area (Å²) in [5, 5.41) is 5.05. The summed E-state index contributed by atoms with van der Waals surface area (Å²) in [7, 11) is -1.15. The van der Waals surface area contributed by atoms with Crippen molar-refractivity contribution in [1.82, 2.24) is 19.7 Å². The molecule has 1 aliphatic rings. The van der Waals surface area contributed by atoms with Gasteiger partial charge in [0, 0.05) is 20.1 Å². The Balaban J connectivity index is 2.06. The Morgan fingerprint density at radius 3 is 2.63 bits per heavy atom. The van der Waals surface area contributed by atoms with E-state index in [-0.39, 0.29) is 16.8 Å². The fourth-order valence-corrected chi connectivity index (χ4v) is 3.51. The fourth-order valence-electron chi connectivity index (χ4n) is 2.15. The Morgan fingerprint density at radius 2 is 1.95 bits per heavy atom. The average Bonchev–Trinajstić information content (AvgIpc) is 2.71. The van der Waals surface area contributed by atoms with Gasteiger partial charge < -0.3 is 4.90 Å². The van der Waals surface area contributed by atoms with Crippen molar-refractivity contribution in [3.05, 3.63) is 11.5 Å². The topological polar surface area (TPSA) is 81.0 Å². The maximum Gasteiger partial charge on any atom is 0.226 e. The number of sulfone groups is 1. The minimum atomic E-state index is -2.92. The first kappa shape index (κ1) is 12.6. The van der Waals surface area contributed by atoms with Crippen LogP contribution in [0.5, 0.6) is 0 Å². The number of halogens is 1. The van der Waals surface area contributed by atoms with Crippen LogP contribution in [0.25, 0.3) is 11.0 Å². The molecule has 3 heterocycles. The summed E-state index contributed by atoms with van der Waals surface area (Å²) >= 11 is 5.92. The van der Waals surface area contributed by atoms with Crippen LogP contribution in [0.2, 0.25) is 5.28 Å². The van der Waals surface area contributed by atoms with E-state index in [0.29, 0.717) is 24.6 Å². The minimum Gasteiger partial charge on any atom is -0.354 e. The summed E-state index contributed by atoms with van der Waals surface area (Å²) in [4.78, 5) is 10.3. The van der Waals surface area contributed by atoms with Crippen LogP contribution in [-0.4, -0.2) is 52.8 Å². The van der Waals surface area contributed by atoms with E-state index >= 15 is 0 Å². The highest BCUT2D eigenvalue weighted by atomic mass is 35.5. The molecule has 0 amide bonds. The monoisotopic (exact) mass is 301 g/mol. The van der Waals surface area contributed by atoms with Gasteiger partial charge in [-0.2, -0.15) is 15.1 Å². The van der Waals surface area contributed by atoms with Gasteiger partial charge in [0.05, 0.1) is 23.1 Å². The maximum atomic E-state index is 11.5. The van der Waals surface area contributed by atoms with Crippen molar-refractivity contribution < 1.29 is 8.42 Å². The second kappa shape index (κ2) is 4.31. The molecule has 0 spiro atoms. The van der Waals surface area contributed by atoms with Gasteiger partial charge in [0.15, 0.2) is 15.5 Å². The van der Waals surface area contributed by atoms with Crippen LogP contribution in [0.4, 0.5) is 5.82 Å². The standard InChI is InChI=1S/C10H12ClN5O2S/c1-15-8-7(6-12-15)9(14-10(11)13-8)16-2-4-19(17,18)5-3-16/h6H,2-5H2,1H3. The first-order chi connectivity index (χ1) is 8.96. The van der Waals surface area contributed by atoms with E-state index < -0.39 is 9.84 Å². The third-order valence-corrected chi connectivity index (χ3v) is 4.97. The van der Waals surface area contributed by atoms with Gasteiger partial charge in [-0.1, -0.05) is 0 Å². The Kier molecular flexibility index (Phi) is 2.86.